The largest absolute Gasteiger partial charge is 0.459 e. The van der Waals surface area contributed by atoms with Crippen molar-refractivity contribution in [3.63, 3.8) is 0 Å². The molecule has 1 aromatic heterocycles. The van der Waals surface area contributed by atoms with Crippen LogP contribution in [0.1, 0.15) is 9.67 Å². The SMILES string of the molecule is O=C(OCCO)c1ccc(Br)s1. The Hall–Kier alpha value is -0.390. The van der Waals surface area contributed by atoms with Gasteiger partial charge in [0.25, 0.3) is 0 Å². The predicted octanol–water partition coefficient (Wildman–Crippen LogP) is 1.66. The molecule has 0 aliphatic heterocycles. The van der Waals surface area contributed by atoms with Crippen LogP contribution in [0.5, 0.6) is 0 Å². The van der Waals surface area contributed by atoms with Gasteiger partial charge in [0, 0.05) is 0 Å². The average molecular weight is 251 g/mol. The maximum atomic E-state index is 11.1. The van der Waals surface area contributed by atoms with E-state index < -0.39 is 0 Å². The zero-order chi connectivity index (χ0) is 8.97. The van der Waals surface area contributed by atoms with Crippen molar-refractivity contribution in [2.24, 2.45) is 0 Å². The minimum atomic E-state index is -0.389. The predicted molar refractivity (Wildman–Crippen MR) is 49.4 cm³/mol. The molecule has 1 heterocycles. The van der Waals surface area contributed by atoms with Crippen LogP contribution >= 0.6 is 27.3 Å². The van der Waals surface area contributed by atoms with Crippen molar-refractivity contribution in [2.45, 2.75) is 0 Å². The van der Waals surface area contributed by atoms with Gasteiger partial charge in [-0.1, -0.05) is 0 Å². The van der Waals surface area contributed by atoms with Crippen LogP contribution in [0.25, 0.3) is 0 Å². The minimum Gasteiger partial charge on any atom is -0.459 e. The molecule has 0 fully saturated rings. The number of aliphatic hydroxyl groups is 1. The van der Waals surface area contributed by atoms with Gasteiger partial charge in [-0.05, 0) is 28.1 Å². The van der Waals surface area contributed by atoms with E-state index in [4.69, 9.17) is 9.84 Å². The third-order valence-corrected chi connectivity index (χ3v) is 2.70. The standard InChI is InChI=1S/C7H7BrO3S/c8-6-2-1-5(12-6)7(10)11-4-3-9/h1-2,9H,3-4H2. The number of ether oxygens (including phenoxy) is 1. The molecule has 0 radical (unpaired) electrons. The van der Waals surface area contributed by atoms with Gasteiger partial charge < -0.3 is 9.84 Å². The van der Waals surface area contributed by atoms with Gasteiger partial charge >= 0.3 is 5.97 Å². The number of hydrogen-bond donors (Lipinski definition) is 1. The summed E-state index contributed by atoms with van der Waals surface area (Å²) < 4.78 is 5.58. The fourth-order valence-corrected chi connectivity index (χ4v) is 1.91. The zero-order valence-electron chi connectivity index (χ0n) is 6.12. The molecule has 1 rings (SSSR count). The maximum absolute atomic E-state index is 11.1. The fourth-order valence-electron chi connectivity index (χ4n) is 0.633. The highest BCUT2D eigenvalue weighted by molar-refractivity contribution is 9.11. The Morgan fingerprint density at radius 1 is 1.67 bits per heavy atom. The number of hydrogen-bond acceptors (Lipinski definition) is 4. The Bertz CT molecular complexity index is 271. The fraction of sp³-hybridized carbons (Fsp3) is 0.286. The van der Waals surface area contributed by atoms with Gasteiger partial charge in [-0.2, -0.15) is 0 Å². The molecular formula is C7H7BrO3S. The van der Waals surface area contributed by atoms with Crippen molar-refractivity contribution >= 4 is 33.2 Å². The van der Waals surface area contributed by atoms with E-state index in [1.165, 1.54) is 11.3 Å². The van der Waals surface area contributed by atoms with Crippen molar-refractivity contribution in [2.75, 3.05) is 13.2 Å². The highest BCUT2D eigenvalue weighted by Gasteiger charge is 2.08. The van der Waals surface area contributed by atoms with Crippen LogP contribution < -0.4 is 0 Å². The summed E-state index contributed by atoms with van der Waals surface area (Å²) in [5.41, 5.74) is 0. The topological polar surface area (TPSA) is 46.5 Å². The molecule has 0 unspecified atom stereocenters. The second-order valence-electron chi connectivity index (χ2n) is 1.96. The van der Waals surface area contributed by atoms with Crippen molar-refractivity contribution in [1.29, 1.82) is 0 Å². The molecule has 0 aliphatic rings. The lowest BCUT2D eigenvalue weighted by Gasteiger charge is -1.98. The number of halogens is 1. The van der Waals surface area contributed by atoms with Gasteiger partial charge in [-0.25, -0.2) is 4.79 Å². The molecule has 12 heavy (non-hydrogen) atoms. The smallest absolute Gasteiger partial charge is 0.348 e. The van der Waals surface area contributed by atoms with E-state index in [-0.39, 0.29) is 19.2 Å². The number of esters is 1. The molecule has 1 aromatic rings. The summed E-state index contributed by atoms with van der Waals surface area (Å²) in [6.45, 7) is -0.0906. The van der Waals surface area contributed by atoms with E-state index in [1.54, 1.807) is 12.1 Å². The molecule has 0 spiro atoms. The van der Waals surface area contributed by atoms with Gasteiger partial charge in [0.2, 0.25) is 0 Å². The quantitative estimate of drug-likeness (QED) is 0.831. The first-order chi connectivity index (χ1) is 5.74. The van der Waals surface area contributed by atoms with Crippen LogP contribution in [0.4, 0.5) is 0 Å². The monoisotopic (exact) mass is 250 g/mol. The number of rotatable bonds is 3. The van der Waals surface area contributed by atoms with E-state index in [9.17, 15) is 4.79 Å². The molecule has 5 heteroatoms. The summed E-state index contributed by atoms with van der Waals surface area (Å²) in [6, 6.07) is 3.45. The summed E-state index contributed by atoms with van der Waals surface area (Å²) >= 11 is 4.54. The first-order valence-electron chi connectivity index (χ1n) is 3.27. The zero-order valence-corrected chi connectivity index (χ0v) is 8.52. The average Bonchev–Trinajstić information content (AvgIpc) is 2.47. The van der Waals surface area contributed by atoms with Crippen molar-refractivity contribution < 1.29 is 14.6 Å². The van der Waals surface area contributed by atoms with E-state index >= 15 is 0 Å². The molecule has 0 saturated heterocycles. The van der Waals surface area contributed by atoms with Gasteiger partial charge in [-0.15, -0.1) is 11.3 Å². The van der Waals surface area contributed by atoms with Crippen LogP contribution in [0.2, 0.25) is 0 Å². The molecule has 1 N–H and O–H groups in total. The minimum absolute atomic E-state index is 0.0500. The highest BCUT2D eigenvalue weighted by atomic mass is 79.9. The summed E-state index contributed by atoms with van der Waals surface area (Å²) in [5, 5.41) is 8.38. The molecule has 3 nitrogen and oxygen atoms in total. The van der Waals surface area contributed by atoms with Gasteiger partial charge in [-0.3, -0.25) is 0 Å². The Kier molecular flexibility index (Phi) is 3.71. The molecule has 0 saturated carbocycles. The lowest BCUT2D eigenvalue weighted by Crippen LogP contribution is -2.06. The third-order valence-electron chi connectivity index (χ3n) is 1.10. The Morgan fingerprint density at radius 2 is 2.42 bits per heavy atom. The Balaban J connectivity index is 2.53. The summed E-state index contributed by atoms with van der Waals surface area (Å²) in [7, 11) is 0. The Labute approximate surface area is 82.1 Å². The molecule has 0 aliphatic carbocycles. The van der Waals surface area contributed by atoms with Crippen LogP contribution in [0.15, 0.2) is 15.9 Å². The second kappa shape index (κ2) is 4.59. The van der Waals surface area contributed by atoms with Gasteiger partial charge in [0.15, 0.2) is 0 Å². The number of carbonyl (C=O) groups is 1. The van der Waals surface area contributed by atoms with E-state index in [0.29, 0.717) is 4.88 Å². The van der Waals surface area contributed by atoms with Crippen LogP contribution in [0, 0.1) is 0 Å². The second-order valence-corrected chi connectivity index (χ2v) is 4.43. The van der Waals surface area contributed by atoms with E-state index in [1.807, 2.05) is 0 Å². The van der Waals surface area contributed by atoms with Crippen molar-refractivity contribution in [3.8, 4) is 0 Å². The maximum Gasteiger partial charge on any atom is 0.348 e. The summed E-state index contributed by atoms with van der Waals surface area (Å²) in [4.78, 5) is 11.6. The van der Waals surface area contributed by atoms with Crippen LogP contribution in [-0.2, 0) is 4.74 Å². The number of thiophene rings is 1. The van der Waals surface area contributed by atoms with Crippen molar-refractivity contribution in [1.82, 2.24) is 0 Å². The first-order valence-corrected chi connectivity index (χ1v) is 4.88. The molecule has 0 atom stereocenters. The molecule has 66 valence electrons. The summed E-state index contributed by atoms with van der Waals surface area (Å²) in [5.74, 6) is -0.389. The first kappa shape index (κ1) is 9.70. The van der Waals surface area contributed by atoms with Gasteiger partial charge in [0.1, 0.15) is 11.5 Å². The van der Waals surface area contributed by atoms with Crippen LogP contribution in [-0.4, -0.2) is 24.3 Å². The molecule has 0 bridgehead atoms. The lowest BCUT2D eigenvalue weighted by molar-refractivity contribution is 0.0439. The van der Waals surface area contributed by atoms with Gasteiger partial charge in [0.05, 0.1) is 10.4 Å². The molecular weight excluding hydrogens is 244 g/mol. The Morgan fingerprint density at radius 3 is 2.92 bits per heavy atom. The summed E-state index contributed by atoms with van der Waals surface area (Å²) in [6.07, 6.45) is 0. The highest BCUT2D eigenvalue weighted by Crippen LogP contribution is 2.22. The van der Waals surface area contributed by atoms with Crippen molar-refractivity contribution in [3.05, 3.63) is 20.8 Å². The van der Waals surface area contributed by atoms with Crippen LogP contribution in [0.3, 0.4) is 0 Å². The van der Waals surface area contributed by atoms with E-state index in [2.05, 4.69) is 15.9 Å². The van der Waals surface area contributed by atoms with E-state index in [0.717, 1.165) is 3.79 Å². The number of carbonyl (C=O) groups excluding carboxylic acids is 1. The third kappa shape index (κ3) is 2.58. The lowest BCUT2D eigenvalue weighted by atomic mass is 10.5. The normalized spacial score (nSPS) is 9.83. The molecule has 0 aromatic carbocycles. The molecule has 0 amide bonds. The number of aliphatic hydroxyl groups excluding tert-OH is 1.